The average Bonchev–Trinajstić information content (AvgIpc) is 2.61. The van der Waals surface area contributed by atoms with E-state index in [1.807, 2.05) is 24.3 Å². The standard InChI is InChI=1S/C22H24N2O2/c1-15(2)7-4-8-16(3)13-14-26-20-12-6-10-18-22(20)24-17-9-5-11-19(25)21(17)23-18/h5-7,9-13,25H,4,8,14H2,1-3H3/b16-13+. The summed E-state index contributed by atoms with van der Waals surface area (Å²) in [6, 6.07) is 10.9. The van der Waals surface area contributed by atoms with Gasteiger partial charge in [-0.15, -0.1) is 0 Å². The first kappa shape index (κ1) is 17.9. The zero-order valence-electron chi connectivity index (χ0n) is 15.5. The van der Waals surface area contributed by atoms with Crippen molar-refractivity contribution in [3.8, 4) is 11.5 Å². The number of aromatic hydroxyl groups is 1. The zero-order valence-corrected chi connectivity index (χ0v) is 15.5. The van der Waals surface area contributed by atoms with E-state index in [1.165, 1.54) is 11.1 Å². The van der Waals surface area contributed by atoms with Gasteiger partial charge in [0.1, 0.15) is 29.1 Å². The monoisotopic (exact) mass is 348 g/mol. The Balaban J connectivity index is 1.79. The lowest BCUT2D eigenvalue weighted by atomic mass is 10.1. The molecule has 1 aromatic heterocycles. The predicted molar refractivity (Wildman–Crippen MR) is 107 cm³/mol. The highest BCUT2D eigenvalue weighted by Gasteiger charge is 2.09. The Bertz CT molecular complexity index is 986. The number of benzene rings is 2. The fourth-order valence-electron chi connectivity index (χ4n) is 2.76. The number of hydrogen-bond donors (Lipinski definition) is 1. The number of fused-ring (bicyclic) bond motifs is 2. The minimum absolute atomic E-state index is 0.137. The van der Waals surface area contributed by atoms with Crippen LogP contribution in [-0.2, 0) is 0 Å². The molecule has 0 saturated heterocycles. The van der Waals surface area contributed by atoms with E-state index < -0.39 is 0 Å². The topological polar surface area (TPSA) is 55.2 Å². The smallest absolute Gasteiger partial charge is 0.147 e. The maximum absolute atomic E-state index is 9.96. The first-order valence-electron chi connectivity index (χ1n) is 8.85. The summed E-state index contributed by atoms with van der Waals surface area (Å²) in [5.74, 6) is 0.840. The van der Waals surface area contributed by atoms with E-state index in [0.29, 0.717) is 34.4 Å². The van der Waals surface area contributed by atoms with Gasteiger partial charge < -0.3 is 9.84 Å². The molecular weight excluding hydrogens is 324 g/mol. The summed E-state index contributed by atoms with van der Waals surface area (Å²) >= 11 is 0. The SMILES string of the molecule is CC(C)=CCC/C(C)=C/COc1cccc2nc3c(O)cccc3nc12. The molecule has 0 unspecified atom stereocenters. The van der Waals surface area contributed by atoms with Crippen LogP contribution in [0.15, 0.2) is 59.7 Å². The second kappa shape index (κ2) is 8.00. The lowest BCUT2D eigenvalue weighted by Crippen LogP contribution is -1.97. The molecule has 0 bridgehead atoms. The van der Waals surface area contributed by atoms with Crippen molar-refractivity contribution in [1.82, 2.24) is 9.97 Å². The van der Waals surface area contributed by atoms with E-state index in [1.54, 1.807) is 12.1 Å². The van der Waals surface area contributed by atoms with Crippen LogP contribution in [0.3, 0.4) is 0 Å². The van der Waals surface area contributed by atoms with Crippen LogP contribution < -0.4 is 4.74 Å². The van der Waals surface area contributed by atoms with Crippen molar-refractivity contribution in [1.29, 1.82) is 0 Å². The van der Waals surface area contributed by atoms with Crippen LogP contribution in [0.1, 0.15) is 33.6 Å². The van der Waals surface area contributed by atoms with Crippen molar-refractivity contribution in [3.05, 3.63) is 59.7 Å². The Kier molecular flexibility index (Phi) is 5.52. The highest BCUT2D eigenvalue weighted by molar-refractivity contribution is 5.91. The van der Waals surface area contributed by atoms with Crippen LogP contribution in [-0.4, -0.2) is 21.7 Å². The molecule has 2 aromatic carbocycles. The molecular formula is C22H24N2O2. The van der Waals surface area contributed by atoms with Gasteiger partial charge in [-0.1, -0.05) is 29.4 Å². The minimum Gasteiger partial charge on any atom is -0.506 e. The third kappa shape index (κ3) is 4.20. The van der Waals surface area contributed by atoms with Crippen LogP contribution in [0.25, 0.3) is 22.1 Å². The normalized spacial score (nSPS) is 11.7. The molecule has 1 heterocycles. The number of aromatic nitrogens is 2. The Labute approximate surface area is 153 Å². The number of allylic oxidation sites excluding steroid dienone is 3. The lowest BCUT2D eigenvalue weighted by Gasteiger charge is -2.08. The Morgan fingerprint density at radius 3 is 2.42 bits per heavy atom. The molecule has 0 aliphatic carbocycles. The molecule has 4 heteroatoms. The van der Waals surface area contributed by atoms with Crippen LogP contribution in [0.2, 0.25) is 0 Å². The molecule has 134 valence electrons. The zero-order chi connectivity index (χ0) is 18.5. The maximum Gasteiger partial charge on any atom is 0.147 e. The van der Waals surface area contributed by atoms with Gasteiger partial charge in [0, 0.05) is 0 Å². The molecule has 0 fully saturated rings. The summed E-state index contributed by atoms with van der Waals surface area (Å²) in [5, 5.41) is 9.96. The second-order valence-electron chi connectivity index (χ2n) is 6.67. The van der Waals surface area contributed by atoms with Gasteiger partial charge in [-0.25, -0.2) is 9.97 Å². The van der Waals surface area contributed by atoms with Crippen molar-refractivity contribution >= 4 is 22.1 Å². The van der Waals surface area contributed by atoms with Gasteiger partial charge in [0.25, 0.3) is 0 Å². The summed E-state index contributed by atoms with van der Waals surface area (Å²) in [7, 11) is 0. The highest BCUT2D eigenvalue weighted by Crippen LogP contribution is 2.28. The molecule has 4 nitrogen and oxygen atoms in total. The first-order valence-corrected chi connectivity index (χ1v) is 8.85. The molecule has 0 amide bonds. The molecule has 0 aliphatic rings. The van der Waals surface area contributed by atoms with Crippen molar-refractivity contribution in [2.75, 3.05) is 6.61 Å². The molecule has 0 radical (unpaired) electrons. The van der Waals surface area contributed by atoms with Gasteiger partial charge in [-0.2, -0.15) is 0 Å². The number of phenols is 1. The summed E-state index contributed by atoms with van der Waals surface area (Å²) < 4.78 is 5.94. The second-order valence-corrected chi connectivity index (χ2v) is 6.67. The summed E-state index contributed by atoms with van der Waals surface area (Å²) in [6.07, 6.45) is 6.45. The Hall–Kier alpha value is -2.88. The van der Waals surface area contributed by atoms with E-state index in [2.05, 4.69) is 42.9 Å². The fraction of sp³-hybridized carbons (Fsp3) is 0.273. The van der Waals surface area contributed by atoms with Crippen molar-refractivity contribution in [3.63, 3.8) is 0 Å². The van der Waals surface area contributed by atoms with Crippen molar-refractivity contribution in [2.45, 2.75) is 33.6 Å². The molecule has 3 aromatic rings. The third-order valence-electron chi connectivity index (χ3n) is 4.20. The van der Waals surface area contributed by atoms with Crippen LogP contribution in [0.5, 0.6) is 11.5 Å². The number of nitrogens with zero attached hydrogens (tertiary/aromatic N) is 2. The molecule has 26 heavy (non-hydrogen) atoms. The highest BCUT2D eigenvalue weighted by atomic mass is 16.5. The van der Waals surface area contributed by atoms with Gasteiger partial charge in [0.05, 0.1) is 11.0 Å². The summed E-state index contributed by atoms with van der Waals surface area (Å²) in [6.45, 7) is 6.86. The molecule has 0 atom stereocenters. The number of hydrogen-bond acceptors (Lipinski definition) is 4. The van der Waals surface area contributed by atoms with Gasteiger partial charge in [-0.3, -0.25) is 0 Å². The van der Waals surface area contributed by atoms with Crippen molar-refractivity contribution < 1.29 is 9.84 Å². The number of phenolic OH excluding ortho intramolecular Hbond substituents is 1. The number of ether oxygens (including phenoxy) is 1. The lowest BCUT2D eigenvalue weighted by molar-refractivity contribution is 0.365. The van der Waals surface area contributed by atoms with Gasteiger partial charge in [0.2, 0.25) is 0 Å². The molecule has 0 saturated carbocycles. The quantitative estimate of drug-likeness (QED) is 0.468. The molecule has 0 spiro atoms. The fourth-order valence-corrected chi connectivity index (χ4v) is 2.76. The number of rotatable bonds is 6. The molecule has 1 N–H and O–H groups in total. The molecule has 0 aliphatic heterocycles. The summed E-state index contributed by atoms with van der Waals surface area (Å²) in [4.78, 5) is 9.15. The third-order valence-corrected chi connectivity index (χ3v) is 4.20. The number of para-hydroxylation sites is 2. The largest absolute Gasteiger partial charge is 0.506 e. The van der Waals surface area contributed by atoms with Gasteiger partial charge >= 0.3 is 0 Å². The van der Waals surface area contributed by atoms with E-state index in [4.69, 9.17) is 4.74 Å². The summed E-state index contributed by atoms with van der Waals surface area (Å²) in [5.41, 5.74) is 5.24. The maximum atomic E-state index is 9.96. The van der Waals surface area contributed by atoms with Gasteiger partial charge in [0.15, 0.2) is 0 Å². The molecule has 3 rings (SSSR count). The van der Waals surface area contributed by atoms with Gasteiger partial charge in [-0.05, 0) is 64.0 Å². The van der Waals surface area contributed by atoms with Crippen LogP contribution in [0.4, 0.5) is 0 Å². The van der Waals surface area contributed by atoms with Crippen molar-refractivity contribution in [2.24, 2.45) is 0 Å². The van der Waals surface area contributed by atoms with Crippen LogP contribution in [0, 0.1) is 0 Å². The van der Waals surface area contributed by atoms with Crippen LogP contribution >= 0.6 is 0 Å². The Morgan fingerprint density at radius 2 is 1.65 bits per heavy atom. The average molecular weight is 348 g/mol. The van der Waals surface area contributed by atoms with E-state index in [0.717, 1.165) is 12.8 Å². The minimum atomic E-state index is 0.137. The Morgan fingerprint density at radius 1 is 0.962 bits per heavy atom. The van der Waals surface area contributed by atoms with E-state index >= 15 is 0 Å². The van der Waals surface area contributed by atoms with E-state index in [-0.39, 0.29) is 5.75 Å². The van der Waals surface area contributed by atoms with E-state index in [9.17, 15) is 5.11 Å². The first-order chi connectivity index (χ1) is 12.5. The predicted octanol–water partition coefficient (Wildman–Crippen LogP) is 5.56.